The van der Waals surface area contributed by atoms with Crippen molar-refractivity contribution in [1.29, 1.82) is 0 Å². The number of amides is 4. The molecule has 3 aromatic heterocycles. The van der Waals surface area contributed by atoms with Crippen LogP contribution in [0.4, 0.5) is 38.1 Å². The highest BCUT2D eigenvalue weighted by Gasteiger charge is 2.57. The van der Waals surface area contributed by atoms with Crippen molar-refractivity contribution in [1.82, 2.24) is 34.7 Å². The first-order valence-corrected chi connectivity index (χ1v) is 28.5. The van der Waals surface area contributed by atoms with Crippen LogP contribution in [-0.4, -0.2) is 170 Å². The number of nitrogens with zero attached hydrogens (tertiary/aromatic N) is 9. The third-order valence-corrected chi connectivity index (χ3v) is 16.7. The molecule has 0 radical (unpaired) electrons. The first-order chi connectivity index (χ1) is 39.4. The summed E-state index contributed by atoms with van der Waals surface area (Å²) in [6, 6.07) is 14.8. The van der Waals surface area contributed by atoms with E-state index in [1.165, 1.54) is 12.1 Å². The minimum absolute atomic E-state index is 0.00319. The number of anilines is 5. The summed E-state index contributed by atoms with van der Waals surface area (Å²) >= 11 is 0. The summed E-state index contributed by atoms with van der Waals surface area (Å²) in [5, 5.41) is 19.9. The largest absolute Gasteiger partial charge is 0.469 e. The third-order valence-electron chi connectivity index (χ3n) is 16.7. The topological polar surface area (TPSA) is 248 Å². The predicted octanol–water partition coefficient (Wildman–Crippen LogP) is 6.80. The van der Waals surface area contributed by atoms with Crippen molar-refractivity contribution in [3.05, 3.63) is 83.9 Å². The molecule has 9 unspecified atom stereocenters. The summed E-state index contributed by atoms with van der Waals surface area (Å²) in [6.45, 7) is 14.9. The van der Waals surface area contributed by atoms with Crippen molar-refractivity contribution in [2.24, 2.45) is 11.8 Å². The van der Waals surface area contributed by atoms with Gasteiger partial charge in [0.1, 0.15) is 34.3 Å². The Morgan fingerprint density at radius 2 is 1.49 bits per heavy atom. The van der Waals surface area contributed by atoms with Gasteiger partial charge in [-0.15, -0.1) is 0 Å². The number of nitrogens with one attached hydrogen (secondary N) is 3. The molecule has 12 rings (SSSR count). The Labute approximate surface area is 474 Å². The normalized spacial score (nSPS) is 27.0. The fourth-order valence-electron chi connectivity index (χ4n) is 12.7. The summed E-state index contributed by atoms with van der Waals surface area (Å²) in [5.41, 5.74) is 1.13. The number of pyridine rings is 1. The molecule has 9 atom stereocenters. The van der Waals surface area contributed by atoms with E-state index in [4.69, 9.17) is 43.6 Å². The second kappa shape index (κ2) is 21.9. The summed E-state index contributed by atoms with van der Waals surface area (Å²) in [6.07, 6.45) is 3.49. The SMILES string of the molecule is CCN1CC(C)(C)Oc2nc(N3CCOCC3C)nc(-c3ccc(NC(=O)OC4CC(CC5(C)CN(CC)C(=O)c6c(nc(N7CC8CC7C7CC7O8)nc6-c6ccc(NC(=O)CNc7ccncc7)c(F)c6)O5)CC4O)cc3)c2C1=O. The lowest BCUT2D eigenvalue weighted by Crippen LogP contribution is -2.46. The first kappa shape index (κ1) is 54.8. The van der Waals surface area contributed by atoms with Crippen LogP contribution in [-0.2, 0) is 19.0 Å². The molecular formula is C59H69FN12O10. The average Bonchev–Trinajstić information content (AvgIpc) is 4.15. The van der Waals surface area contributed by atoms with Gasteiger partial charge in [-0.1, -0.05) is 18.2 Å². The van der Waals surface area contributed by atoms with Gasteiger partial charge in [0.15, 0.2) is 0 Å². The van der Waals surface area contributed by atoms with Crippen molar-refractivity contribution in [3.8, 4) is 34.3 Å². The van der Waals surface area contributed by atoms with E-state index in [-0.39, 0.29) is 89.4 Å². The van der Waals surface area contributed by atoms with E-state index in [0.29, 0.717) is 111 Å². The van der Waals surface area contributed by atoms with E-state index in [0.717, 1.165) is 12.8 Å². The van der Waals surface area contributed by atoms with Crippen molar-refractivity contribution < 1.29 is 52.4 Å². The lowest BCUT2D eigenvalue weighted by atomic mass is 9.90. The molecule has 7 aliphatic rings. The predicted molar refractivity (Wildman–Crippen MR) is 301 cm³/mol. The summed E-state index contributed by atoms with van der Waals surface area (Å²) in [7, 11) is 0. The number of ether oxygens (including phenoxy) is 5. The van der Waals surface area contributed by atoms with Crippen molar-refractivity contribution >= 4 is 52.8 Å². The number of aliphatic hydroxyl groups is 1. The number of likely N-dealkylation sites (N-methyl/N-ethyl adjacent to an activating group) is 2. The Balaban J connectivity index is 0.761. The zero-order valence-electron chi connectivity index (χ0n) is 46.9. The van der Waals surface area contributed by atoms with Crippen LogP contribution in [0.1, 0.15) is 94.4 Å². The van der Waals surface area contributed by atoms with E-state index >= 15 is 4.39 Å². The molecule has 2 aliphatic carbocycles. The number of rotatable bonds is 14. The number of carbonyl (C=O) groups is 4. The van der Waals surface area contributed by atoms with Crippen LogP contribution in [0.15, 0.2) is 67.0 Å². The monoisotopic (exact) mass is 1120 g/mol. The van der Waals surface area contributed by atoms with Gasteiger partial charge in [-0.25, -0.2) is 19.2 Å². The van der Waals surface area contributed by atoms with Gasteiger partial charge in [-0.2, -0.15) is 9.97 Å². The van der Waals surface area contributed by atoms with Crippen molar-refractivity contribution in [2.75, 3.05) is 84.8 Å². The lowest BCUT2D eigenvalue weighted by molar-refractivity contribution is -0.114. The Morgan fingerprint density at radius 1 is 0.805 bits per heavy atom. The van der Waals surface area contributed by atoms with Gasteiger partial charge in [0.25, 0.3) is 11.8 Å². The molecule has 4 N–H and O–H groups in total. The minimum atomic E-state index is -1.05. The molecular weight excluding hydrogens is 1060 g/mol. The smallest absolute Gasteiger partial charge is 0.411 e. The number of benzene rings is 2. The molecule has 22 nitrogen and oxygen atoms in total. The Hall–Kier alpha value is -7.76. The molecule has 4 amide bonds. The maximum atomic E-state index is 16.2. The molecule has 2 saturated carbocycles. The highest BCUT2D eigenvalue weighted by molar-refractivity contribution is 6.04. The fraction of sp³-hybridized carbons (Fsp3) is 0.508. The maximum absolute atomic E-state index is 16.2. The summed E-state index contributed by atoms with van der Waals surface area (Å²) in [4.78, 5) is 87.1. The third kappa shape index (κ3) is 11.0. The second-order valence-electron chi connectivity index (χ2n) is 23.5. The molecule has 2 aromatic carbocycles. The first-order valence-electron chi connectivity index (χ1n) is 28.5. The summed E-state index contributed by atoms with van der Waals surface area (Å²) < 4.78 is 47.6. The van der Waals surface area contributed by atoms with Gasteiger partial charge in [-0.3, -0.25) is 24.7 Å². The van der Waals surface area contributed by atoms with Crippen LogP contribution < -0.4 is 35.2 Å². The molecule has 5 aromatic rings. The van der Waals surface area contributed by atoms with E-state index in [2.05, 4.69) is 25.8 Å². The van der Waals surface area contributed by atoms with Gasteiger partial charge in [0.05, 0.1) is 74.3 Å². The van der Waals surface area contributed by atoms with Gasteiger partial charge in [-0.05, 0) is 116 Å². The number of fused-ring (bicyclic) bond motifs is 6. The van der Waals surface area contributed by atoms with Crippen LogP contribution in [0.2, 0.25) is 0 Å². The maximum Gasteiger partial charge on any atom is 0.411 e. The zero-order chi connectivity index (χ0) is 57.2. The molecule has 432 valence electrons. The van der Waals surface area contributed by atoms with Gasteiger partial charge in [0.2, 0.25) is 29.6 Å². The number of morpholine rings is 1. The van der Waals surface area contributed by atoms with Crippen molar-refractivity contribution in [3.63, 3.8) is 0 Å². The van der Waals surface area contributed by atoms with Gasteiger partial charge in [0, 0.05) is 73.0 Å². The molecule has 2 bridgehead atoms. The highest BCUT2D eigenvalue weighted by Crippen LogP contribution is 2.51. The second-order valence-corrected chi connectivity index (χ2v) is 23.5. The van der Waals surface area contributed by atoms with E-state index < -0.39 is 41.2 Å². The molecule has 8 heterocycles. The molecule has 0 spiro atoms. The number of aliphatic hydroxyl groups excluding tert-OH is 1. The number of hydrogen-bond acceptors (Lipinski definition) is 18. The van der Waals surface area contributed by atoms with Gasteiger partial charge >= 0.3 is 6.09 Å². The van der Waals surface area contributed by atoms with E-state index in [9.17, 15) is 24.3 Å². The van der Waals surface area contributed by atoms with Crippen LogP contribution in [0.5, 0.6) is 11.8 Å². The van der Waals surface area contributed by atoms with Crippen LogP contribution >= 0.6 is 0 Å². The van der Waals surface area contributed by atoms with Crippen molar-refractivity contribution in [2.45, 2.75) is 121 Å². The standard InChI is InChI=1S/C59H69FN12O10/c1-7-69-30-58(4,5)81-51-47(53(69)75)49(65-55(67-51)71-19-20-78-29-32(71)3)34-9-12-37(13-10-34)63-57(77)80-45-22-33(21-43(45)73)26-59(6)31-70(8-2)54(76)48-50(66-56(68-52(48)82-59)72-28-38-24-42(72)39-25-44(39)79-38)35-11-14-41(40(60)23-35)64-46(74)27-62-36-15-17-61-18-16-36/h9-18,23,32-33,38-39,42-45,73H,7-8,19-22,24-31H2,1-6H3,(H,61,62)(H,63,77)(H,64,74). The average molecular weight is 1130 g/mol. The van der Waals surface area contributed by atoms with Crippen LogP contribution in [0.3, 0.4) is 0 Å². The molecule has 82 heavy (non-hydrogen) atoms. The van der Waals surface area contributed by atoms with Crippen LogP contribution in [0, 0.1) is 17.7 Å². The number of halogens is 1. The Kier molecular flexibility index (Phi) is 14.6. The highest BCUT2D eigenvalue weighted by atomic mass is 19.1. The van der Waals surface area contributed by atoms with E-state index in [1.54, 1.807) is 64.7 Å². The number of aromatic nitrogens is 5. The Bertz CT molecular complexity index is 3290. The number of carbonyl (C=O) groups excluding carboxylic acids is 4. The van der Waals surface area contributed by atoms with Crippen LogP contribution in [0.25, 0.3) is 22.5 Å². The lowest BCUT2D eigenvalue weighted by Gasteiger charge is -2.34. The molecule has 23 heteroatoms. The minimum Gasteiger partial charge on any atom is -0.469 e. The Morgan fingerprint density at radius 3 is 2.20 bits per heavy atom. The molecule has 5 fully saturated rings. The fourth-order valence-corrected chi connectivity index (χ4v) is 12.7. The molecule has 3 saturated heterocycles. The quantitative estimate of drug-likeness (QED) is 0.0892. The van der Waals surface area contributed by atoms with E-state index in [1.807, 2.05) is 46.4 Å². The summed E-state index contributed by atoms with van der Waals surface area (Å²) in [5.74, 6) is -0.666. The van der Waals surface area contributed by atoms with Gasteiger partial charge < -0.3 is 59.0 Å². The molecule has 5 aliphatic heterocycles. The number of hydrogen-bond donors (Lipinski definition) is 4. The zero-order valence-corrected chi connectivity index (χ0v) is 46.9.